The van der Waals surface area contributed by atoms with Gasteiger partial charge in [0.15, 0.2) is 11.5 Å². The molecule has 27 heavy (non-hydrogen) atoms. The van der Waals surface area contributed by atoms with E-state index in [0.717, 1.165) is 37.5 Å². The van der Waals surface area contributed by atoms with Gasteiger partial charge in [0.1, 0.15) is 0 Å². The third-order valence-corrected chi connectivity index (χ3v) is 5.14. The maximum Gasteiger partial charge on any atom is 0.251 e. The van der Waals surface area contributed by atoms with Gasteiger partial charge in [0.25, 0.3) is 5.91 Å². The minimum Gasteiger partial charge on any atom is -0.493 e. The number of likely N-dealkylation sites (tertiary alicyclic amines) is 1. The number of rotatable bonds is 6. The summed E-state index contributed by atoms with van der Waals surface area (Å²) in [6, 6.07) is 13.4. The molecule has 1 fully saturated rings. The summed E-state index contributed by atoms with van der Waals surface area (Å²) in [6.07, 6.45) is 1.87. The molecule has 0 aromatic heterocycles. The quantitative estimate of drug-likeness (QED) is 0.818. The van der Waals surface area contributed by atoms with E-state index < -0.39 is 0 Å². The van der Waals surface area contributed by atoms with E-state index in [2.05, 4.69) is 22.3 Å². The van der Waals surface area contributed by atoms with Crippen LogP contribution in [0.2, 0.25) is 5.02 Å². The molecule has 144 valence electrons. The van der Waals surface area contributed by atoms with Crippen LogP contribution in [-0.2, 0) is 6.54 Å². The van der Waals surface area contributed by atoms with Gasteiger partial charge in [-0.1, -0.05) is 23.7 Å². The van der Waals surface area contributed by atoms with Crippen LogP contribution in [-0.4, -0.2) is 44.2 Å². The maximum atomic E-state index is 12.6. The maximum absolute atomic E-state index is 12.6. The van der Waals surface area contributed by atoms with Gasteiger partial charge in [-0.25, -0.2) is 0 Å². The fourth-order valence-corrected chi connectivity index (χ4v) is 3.46. The van der Waals surface area contributed by atoms with Crippen molar-refractivity contribution in [2.75, 3.05) is 27.3 Å². The highest BCUT2D eigenvalue weighted by Gasteiger charge is 2.21. The van der Waals surface area contributed by atoms with Crippen molar-refractivity contribution in [2.45, 2.75) is 25.4 Å². The normalized spacial score (nSPS) is 15.4. The van der Waals surface area contributed by atoms with E-state index in [4.69, 9.17) is 21.1 Å². The van der Waals surface area contributed by atoms with Crippen LogP contribution in [0.4, 0.5) is 0 Å². The largest absolute Gasteiger partial charge is 0.493 e. The summed E-state index contributed by atoms with van der Waals surface area (Å²) in [5, 5.41) is 3.90. The molecule has 0 atom stereocenters. The first-order chi connectivity index (χ1) is 13.1. The van der Waals surface area contributed by atoms with E-state index in [1.807, 2.05) is 12.1 Å². The summed E-state index contributed by atoms with van der Waals surface area (Å²) in [6.45, 7) is 2.83. The number of ether oxygens (including phenoxy) is 2. The average molecular weight is 389 g/mol. The Balaban J connectivity index is 1.51. The van der Waals surface area contributed by atoms with Gasteiger partial charge in [0, 0.05) is 36.3 Å². The number of carbonyl (C=O) groups excluding carboxylic acids is 1. The first-order valence-electron chi connectivity index (χ1n) is 9.08. The van der Waals surface area contributed by atoms with Crippen molar-refractivity contribution in [3.63, 3.8) is 0 Å². The summed E-state index contributed by atoms with van der Waals surface area (Å²) >= 11 is 5.94. The number of nitrogens with zero attached hydrogens (tertiary/aromatic N) is 1. The zero-order chi connectivity index (χ0) is 19.2. The van der Waals surface area contributed by atoms with Crippen molar-refractivity contribution >= 4 is 17.5 Å². The van der Waals surface area contributed by atoms with Gasteiger partial charge < -0.3 is 14.8 Å². The summed E-state index contributed by atoms with van der Waals surface area (Å²) in [5.74, 6) is 1.10. The number of halogens is 1. The number of carbonyl (C=O) groups is 1. The molecule has 2 aromatic rings. The molecule has 6 heteroatoms. The van der Waals surface area contributed by atoms with Crippen molar-refractivity contribution in [3.05, 3.63) is 58.6 Å². The second kappa shape index (κ2) is 9.11. The van der Waals surface area contributed by atoms with E-state index in [1.165, 1.54) is 5.56 Å². The average Bonchev–Trinajstić information content (AvgIpc) is 2.70. The topological polar surface area (TPSA) is 50.8 Å². The Morgan fingerprint density at radius 3 is 2.37 bits per heavy atom. The molecule has 1 heterocycles. The summed E-state index contributed by atoms with van der Waals surface area (Å²) < 4.78 is 10.5. The Morgan fingerprint density at radius 2 is 1.74 bits per heavy atom. The fraction of sp³-hybridized carbons (Fsp3) is 0.381. The summed E-state index contributed by atoms with van der Waals surface area (Å²) in [5.41, 5.74) is 1.84. The van der Waals surface area contributed by atoms with E-state index >= 15 is 0 Å². The van der Waals surface area contributed by atoms with Gasteiger partial charge >= 0.3 is 0 Å². The molecule has 3 rings (SSSR count). The molecule has 1 N–H and O–H groups in total. The van der Waals surface area contributed by atoms with Gasteiger partial charge in [-0.05, 0) is 48.7 Å². The van der Waals surface area contributed by atoms with Gasteiger partial charge in [-0.2, -0.15) is 0 Å². The Hall–Kier alpha value is -2.24. The molecule has 0 radical (unpaired) electrons. The Morgan fingerprint density at radius 1 is 1.07 bits per heavy atom. The van der Waals surface area contributed by atoms with Gasteiger partial charge in [0.05, 0.1) is 14.2 Å². The third kappa shape index (κ3) is 5.15. The first-order valence-corrected chi connectivity index (χ1v) is 9.46. The molecule has 2 aromatic carbocycles. The molecule has 0 saturated carbocycles. The number of benzene rings is 2. The summed E-state index contributed by atoms with van der Waals surface area (Å²) in [7, 11) is 3.14. The van der Waals surface area contributed by atoms with Crippen molar-refractivity contribution in [1.29, 1.82) is 0 Å². The fourth-order valence-electron chi connectivity index (χ4n) is 3.33. The lowest BCUT2D eigenvalue weighted by Crippen LogP contribution is -2.44. The van der Waals surface area contributed by atoms with E-state index in [-0.39, 0.29) is 11.9 Å². The molecule has 1 aliphatic rings. The monoisotopic (exact) mass is 388 g/mol. The number of hydrogen-bond donors (Lipinski definition) is 1. The molecule has 0 aliphatic carbocycles. The Labute approximate surface area is 165 Å². The van der Waals surface area contributed by atoms with Crippen LogP contribution in [0.5, 0.6) is 11.5 Å². The predicted molar refractivity (Wildman–Crippen MR) is 107 cm³/mol. The molecule has 1 saturated heterocycles. The van der Waals surface area contributed by atoms with E-state index in [1.54, 1.807) is 32.4 Å². The third-order valence-electron chi connectivity index (χ3n) is 4.89. The summed E-state index contributed by atoms with van der Waals surface area (Å²) in [4.78, 5) is 15.0. The molecule has 5 nitrogen and oxygen atoms in total. The van der Waals surface area contributed by atoms with E-state index in [0.29, 0.717) is 17.1 Å². The SMILES string of the molecule is COc1ccc(C(=O)NC2CCN(Cc3ccc(Cl)cc3)CC2)cc1OC. The zero-order valence-corrected chi connectivity index (χ0v) is 16.5. The molecule has 0 spiro atoms. The van der Waals surface area contributed by atoms with Crippen LogP contribution in [0.15, 0.2) is 42.5 Å². The van der Waals surface area contributed by atoms with Crippen molar-refractivity contribution in [3.8, 4) is 11.5 Å². The smallest absolute Gasteiger partial charge is 0.251 e. The van der Waals surface area contributed by atoms with Gasteiger partial charge in [-0.3, -0.25) is 9.69 Å². The zero-order valence-electron chi connectivity index (χ0n) is 15.7. The lowest BCUT2D eigenvalue weighted by molar-refractivity contribution is 0.0908. The van der Waals surface area contributed by atoms with Gasteiger partial charge in [0.2, 0.25) is 0 Å². The molecular formula is C21H25ClN2O3. The van der Waals surface area contributed by atoms with Crippen LogP contribution in [0.1, 0.15) is 28.8 Å². The highest BCUT2D eigenvalue weighted by atomic mass is 35.5. The lowest BCUT2D eigenvalue weighted by Gasteiger charge is -2.32. The second-order valence-corrected chi connectivity index (χ2v) is 7.16. The number of nitrogens with one attached hydrogen (secondary N) is 1. The van der Waals surface area contributed by atoms with Crippen molar-refractivity contribution in [2.24, 2.45) is 0 Å². The van der Waals surface area contributed by atoms with Crippen molar-refractivity contribution in [1.82, 2.24) is 10.2 Å². The molecule has 1 amide bonds. The van der Waals surface area contributed by atoms with Crippen LogP contribution < -0.4 is 14.8 Å². The Bertz CT molecular complexity index is 771. The number of hydrogen-bond acceptors (Lipinski definition) is 4. The standard InChI is InChI=1S/C21H25ClN2O3/c1-26-19-8-5-16(13-20(19)27-2)21(25)23-18-9-11-24(12-10-18)14-15-3-6-17(22)7-4-15/h3-8,13,18H,9-12,14H2,1-2H3,(H,23,25). The second-order valence-electron chi connectivity index (χ2n) is 6.72. The van der Waals surface area contributed by atoms with Crippen LogP contribution >= 0.6 is 11.6 Å². The van der Waals surface area contributed by atoms with Crippen LogP contribution in [0.3, 0.4) is 0 Å². The Kier molecular flexibility index (Phi) is 6.58. The molecule has 0 bridgehead atoms. The molecular weight excluding hydrogens is 364 g/mol. The number of methoxy groups -OCH3 is 2. The van der Waals surface area contributed by atoms with Crippen LogP contribution in [0.25, 0.3) is 0 Å². The number of piperidine rings is 1. The minimum atomic E-state index is -0.0768. The first kappa shape index (κ1) is 19.5. The number of amides is 1. The lowest BCUT2D eigenvalue weighted by atomic mass is 10.0. The van der Waals surface area contributed by atoms with Crippen molar-refractivity contribution < 1.29 is 14.3 Å². The minimum absolute atomic E-state index is 0.0768. The molecule has 1 aliphatic heterocycles. The molecule has 0 unspecified atom stereocenters. The highest BCUT2D eigenvalue weighted by Crippen LogP contribution is 2.27. The predicted octanol–water partition coefficient (Wildman–Crippen LogP) is 3.75. The highest BCUT2D eigenvalue weighted by molar-refractivity contribution is 6.30. The van der Waals surface area contributed by atoms with Gasteiger partial charge in [-0.15, -0.1) is 0 Å². The van der Waals surface area contributed by atoms with Crippen LogP contribution in [0, 0.1) is 0 Å². The van der Waals surface area contributed by atoms with E-state index in [9.17, 15) is 4.79 Å².